The first-order valence-corrected chi connectivity index (χ1v) is 8.76. The SMILES string of the molecule is CCCCCCCC1=C(c2ccccc2)Cc2ccccc21. The highest BCUT2D eigenvalue weighted by Crippen LogP contribution is 2.40. The second-order valence-electron chi connectivity index (χ2n) is 6.32. The molecule has 0 nitrogen and oxygen atoms in total. The summed E-state index contributed by atoms with van der Waals surface area (Å²) in [5.41, 5.74) is 7.56. The van der Waals surface area contributed by atoms with Crippen molar-refractivity contribution in [3.8, 4) is 0 Å². The third-order valence-corrected chi connectivity index (χ3v) is 4.73. The van der Waals surface area contributed by atoms with E-state index in [0.29, 0.717) is 0 Å². The van der Waals surface area contributed by atoms with Crippen molar-refractivity contribution in [2.75, 3.05) is 0 Å². The predicted octanol–water partition coefficient (Wildman–Crippen LogP) is 6.51. The average Bonchev–Trinajstić information content (AvgIpc) is 2.94. The standard InChI is InChI=1S/C22H26/c1-2-3-4-5-9-16-21-20-15-11-10-14-19(20)17-22(21)18-12-7-6-8-13-18/h6-8,10-15H,2-5,9,16-17H2,1H3. The molecule has 0 atom stereocenters. The molecule has 0 heteroatoms. The third-order valence-electron chi connectivity index (χ3n) is 4.73. The molecule has 1 aliphatic rings. The van der Waals surface area contributed by atoms with Gasteiger partial charge in [-0.25, -0.2) is 0 Å². The Morgan fingerprint density at radius 2 is 1.50 bits per heavy atom. The molecule has 0 radical (unpaired) electrons. The number of hydrogen-bond acceptors (Lipinski definition) is 0. The van der Waals surface area contributed by atoms with Gasteiger partial charge in [-0.3, -0.25) is 0 Å². The van der Waals surface area contributed by atoms with E-state index in [1.54, 1.807) is 11.1 Å². The van der Waals surface area contributed by atoms with Crippen molar-refractivity contribution in [1.29, 1.82) is 0 Å². The molecule has 0 fully saturated rings. The number of hydrogen-bond donors (Lipinski definition) is 0. The second-order valence-corrected chi connectivity index (χ2v) is 6.32. The molecule has 0 amide bonds. The van der Waals surface area contributed by atoms with Crippen LogP contribution in [0.5, 0.6) is 0 Å². The fraction of sp³-hybridized carbons (Fsp3) is 0.364. The number of unbranched alkanes of at least 4 members (excludes halogenated alkanes) is 4. The highest BCUT2D eigenvalue weighted by atomic mass is 14.3. The molecule has 0 heterocycles. The second kappa shape index (κ2) is 7.45. The van der Waals surface area contributed by atoms with Crippen molar-refractivity contribution >= 4 is 11.1 Å². The zero-order valence-electron chi connectivity index (χ0n) is 13.6. The Bertz CT molecular complexity index is 634. The van der Waals surface area contributed by atoms with E-state index in [9.17, 15) is 0 Å². The van der Waals surface area contributed by atoms with Crippen LogP contribution in [-0.2, 0) is 6.42 Å². The Balaban J connectivity index is 1.81. The highest BCUT2D eigenvalue weighted by molar-refractivity contribution is 5.97. The lowest BCUT2D eigenvalue weighted by Gasteiger charge is -2.09. The van der Waals surface area contributed by atoms with E-state index in [4.69, 9.17) is 0 Å². The first-order chi connectivity index (χ1) is 10.9. The zero-order chi connectivity index (χ0) is 15.2. The van der Waals surface area contributed by atoms with Gasteiger partial charge in [-0.05, 0) is 47.1 Å². The van der Waals surface area contributed by atoms with Crippen LogP contribution in [0.1, 0.15) is 62.1 Å². The predicted molar refractivity (Wildman–Crippen MR) is 96.8 cm³/mol. The van der Waals surface area contributed by atoms with Gasteiger partial charge in [0.2, 0.25) is 0 Å². The lowest BCUT2D eigenvalue weighted by atomic mass is 9.96. The molecular weight excluding hydrogens is 264 g/mol. The van der Waals surface area contributed by atoms with Crippen molar-refractivity contribution in [2.45, 2.75) is 51.9 Å². The number of fused-ring (bicyclic) bond motifs is 1. The minimum Gasteiger partial charge on any atom is -0.0654 e. The molecule has 0 N–H and O–H groups in total. The third kappa shape index (κ3) is 3.32. The molecule has 114 valence electrons. The zero-order valence-corrected chi connectivity index (χ0v) is 13.6. The Morgan fingerprint density at radius 3 is 2.32 bits per heavy atom. The van der Waals surface area contributed by atoms with Crippen LogP contribution in [0.4, 0.5) is 0 Å². The minimum absolute atomic E-state index is 1.10. The van der Waals surface area contributed by atoms with Gasteiger partial charge in [-0.1, -0.05) is 87.2 Å². The summed E-state index contributed by atoms with van der Waals surface area (Å²) in [6, 6.07) is 19.9. The van der Waals surface area contributed by atoms with Crippen LogP contribution < -0.4 is 0 Å². The molecule has 0 saturated heterocycles. The first kappa shape index (κ1) is 15.1. The lowest BCUT2D eigenvalue weighted by molar-refractivity contribution is 0.640. The summed E-state index contributed by atoms with van der Waals surface area (Å²) < 4.78 is 0. The van der Waals surface area contributed by atoms with E-state index in [1.165, 1.54) is 55.2 Å². The smallest absolute Gasteiger partial charge is 0.00108 e. The van der Waals surface area contributed by atoms with Gasteiger partial charge in [0, 0.05) is 0 Å². The maximum Gasteiger partial charge on any atom is -0.00108 e. The molecule has 22 heavy (non-hydrogen) atoms. The van der Waals surface area contributed by atoms with Gasteiger partial charge >= 0.3 is 0 Å². The van der Waals surface area contributed by atoms with Crippen molar-refractivity contribution in [1.82, 2.24) is 0 Å². The molecule has 0 aliphatic heterocycles. The van der Waals surface area contributed by atoms with Crippen LogP contribution in [0.15, 0.2) is 54.6 Å². The van der Waals surface area contributed by atoms with E-state index in [1.807, 2.05) is 0 Å². The van der Waals surface area contributed by atoms with Crippen LogP contribution in [0.2, 0.25) is 0 Å². The molecule has 3 rings (SSSR count). The highest BCUT2D eigenvalue weighted by Gasteiger charge is 2.21. The van der Waals surface area contributed by atoms with E-state index in [0.717, 1.165) is 6.42 Å². The molecule has 1 aliphatic carbocycles. The Kier molecular flexibility index (Phi) is 5.11. The average molecular weight is 290 g/mol. The lowest BCUT2D eigenvalue weighted by Crippen LogP contribution is -1.88. The van der Waals surface area contributed by atoms with Crippen LogP contribution in [0, 0.1) is 0 Å². The summed E-state index contributed by atoms with van der Waals surface area (Å²) in [5, 5.41) is 0. The maximum absolute atomic E-state index is 2.31. The number of allylic oxidation sites excluding steroid dienone is 2. The van der Waals surface area contributed by atoms with Crippen molar-refractivity contribution in [3.63, 3.8) is 0 Å². The fourth-order valence-corrected chi connectivity index (χ4v) is 3.54. The van der Waals surface area contributed by atoms with Crippen molar-refractivity contribution < 1.29 is 0 Å². The molecular formula is C22H26. The minimum atomic E-state index is 1.10. The van der Waals surface area contributed by atoms with Gasteiger partial charge < -0.3 is 0 Å². The van der Waals surface area contributed by atoms with Gasteiger partial charge in [0.15, 0.2) is 0 Å². The van der Waals surface area contributed by atoms with Gasteiger partial charge in [0.25, 0.3) is 0 Å². The van der Waals surface area contributed by atoms with Crippen LogP contribution in [0.3, 0.4) is 0 Å². The van der Waals surface area contributed by atoms with Gasteiger partial charge in [0.05, 0.1) is 0 Å². The quantitative estimate of drug-likeness (QED) is 0.510. The van der Waals surface area contributed by atoms with Gasteiger partial charge in [-0.15, -0.1) is 0 Å². The molecule has 0 spiro atoms. The Labute approximate surface area is 134 Å². The van der Waals surface area contributed by atoms with E-state index in [2.05, 4.69) is 61.5 Å². The van der Waals surface area contributed by atoms with E-state index in [-0.39, 0.29) is 0 Å². The maximum atomic E-state index is 2.31. The van der Waals surface area contributed by atoms with Crippen molar-refractivity contribution in [2.24, 2.45) is 0 Å². The van der Waals surface area contributed by atoms with Gasteiger partial charge in [-0.2, -0.15) is 0 Å². The number of rotatable bonds is 7. The molecule has 2 aromatic rings. The summed E-state index contributed by atoms with van der Waals surface area (Å²) in [6.45, 7) is 2.28. The monoisotopic (exact) mass is 290 g/mol. The Morgan fingerprint density at radius 1 is 0.773 bits per heavy atom. The summed E-state index contributed by atoms with van der Waals surface area (Å²) in [7, 11) is 0. The van der Waals surface area contributed by atoms with E-state index >= 15 is 0 Å². The Hall–Kier alpha value is -1.82. The normalized spacial score (nSPS) is 13.5. The molecule has 0 aromatic heterocycles. The first-order valence-electron chi connectivity index (χ1n) is 8.76. The topological polar surface area (TPSA) is 0 Å². The van der Waals surface area contributed by atoms with Gasteiger partial charge in [0.1, 0.15) is 0 Å². The largest absolute Gasteiger partial charge is 0.0654 e. The summed E-state index contributed by atoms with van der Waals surface area (Å²) in [6.07, 6.45) is 9.09. The molecule has 0 bridgehead atoms. The molecule has 2 aromatic carbocycles. The van der Waals surface area contributed by atoms with Crippen molar-refractivity contribution in [3.05, 3.63) is 71.3 Å². The fourth-order valence-electron chi connectivity index (χ4n) is 3.54. The molecule has 0 saturated carbocycles. The van der Waals surface area contributed by atoms with E-state index < -0.39 is 0 Å². The van der Waals surface area contributed by atoms with Crippen LogP contribution >= 0.6 is 0 Å². The summed E-state index contributed by atoms with van der Waals surface area (Å²) in [4.78, 5) is 0. The molecule has 0 unspecified atom stereocenters. The summed E-state index contributed by atoms with van der Waals surface area (Å²) in [5.74, 6) is 0. The summed E-state index contributed by atoms with van der Waals surface area (Å²) >= 11 is 0. The van der Waals surface area contributed by atoms with Crippen LogP contribution in [0.25, 0.3) is 11.1 Å². The van der Waals surface area contributed by atoms with Crippen LogP contribution in [-0.4, -0.2) is 0 Å². The number of benzene rings is 2.